The van der Waals surface area contributed by atoms with E-state index in [4.69, 9.17) is 0 Å². The molecule has 0 aromatic rings. The van der Waals surface area contributed by atoms with Gasteiger partial charge in [0.2, 0.25) is 10.0 Å². The number of nitrogens with one attached hydrogen (secondary N) is 1. The Morgan fingerprint density at radius 2 is 1.87 bits per heavy atom. The Kier molecular flexibility index (Phi) is 4.20. The van der Waals surface area contributed by atoms with Crippen molar-refractivity contribution in [2.45, 2.75) is 72.3 Å². The average Bonchev–Trinajstić information content (AvgIpc) is 2.77. The highest BCUT2D eigenvalue weighted by Crippen LogP contribution is 2.64. The van der Waals surface area contributed by atoms with Gasteiger partial charge in [-0.3, -0.25) is 4.79 Å². The maximum atomic E-state index is 12.9. The van der Waals surface area contributed by atoms with Crippen LogP contribution in [0, 0.1) is 28.6 Å². The van der Waals surface area contributed by atoms with Crippen LogP contribution in [0.4, 0.5) is 0 Å². The van der Waals surface area contributed by atoms with Gasteiger partial charge in [0.05, 0.1) is 5.75 Å². The Labute approximate surface area is 140 Å². The highest BCUT2D eigenvalue weighted by molar-refractivity contribution is 7.89. The average molecular weight is 342 g/mol. The van der Waals surface area contributed by atoms with Crippen molar-refractivity contribution in [3.8, 4) is 0 Å². The summed E-state index contributed by atoms with van der Waals surface area (Å²) in [6, 6.07) is 0.0250. The van der Waals surface area contributed by atoms with E-state index in [0.29, 0.717) is 24.2 Å². The fraction of sp³-hybridized carbons (Fsp3) is 0.944. The lowest BCUT2D eigenvalue weighted by molar-refractivity contribution is -0.128. The first-order valence-corrected chi connectivity index (χ1v) is 10.8. The molecule has 0 radical (unpaired) electrons. The number of hydrogen-bond acceptors (Lipinski definition) is 3. The van der Waals surface area contributed by atoms with Gasteiger partial charge in [0.1, 0.15) is 5.78 Å². The zero-order valence-corrected chi connectivity index (χ0v) is 15.7. The number of rotatable bonds is 4. The molecule has 0 aromatic carbocycles. The minimum absolute atomic E-state index is 0.0140. The van der Waals surface area contributed by atoms with Gasteiger partial charge in [-0.15, -0.1) is 0 Å². The molecule has 3 rings (SSSR count). The first-order chi connectivity index (χ1) is 10.6. The smallest absolute Gasteiger partial charge is 0.212 e. The van der Waals surface area contributed by atoms with Crippen LogP contribution in [0.5, 0.6) is 0 Å². The molecule has 4 nitrogen and oxygen atoms in total. The van der Waals surface area contributed by atoms with E-state index in [2.05, 4.69) is 32.4 Å². The summed E-state index contributed by atoms with van der Waals surface area (Å²) in [4.78, 5) is 12.6. The molecule has 3 saturated carbocycles. The quantitative estimate of drug-likeness (QED) is 0.854. The van der Waals surface area contributed by atoms with E-state index >= 15 is 0 Å². The Morgan fingerprint density at radius 1 is 1.17 bits per heavy atom. The molecule has 2 bridgehead atoms. The molecular weight excluding hydrogens is 310 g/mol. The Morgan fingerprint density at radius 3 is 2.43 bits per heavy atom. The largest absolute Gasteiger partial charge is 0.299 e. The Balaban J connectivity index is 1.78. The molecular formula is C18H31NO3S. The number of sulfonamides is 1. The van der Waals surface area contributed by atoms with Crippen molar-refractivity contribution in [1.82, 2.24) is 4.72 Å². The van der Waals surface area contributed by atoms with Crippen LogP contribution in [0.1, 0.15) is 66.2 Å². The van der Waals surface area contributed by atoms with E-state index in [-0.39, 0.29) is 23.0 Å². The summed E-state index contributed by atoms with van der Waals surface area (Å²) in [5.41, 5.74) is -0.850. The zero-order valence-electron chi connectivity index (χ0n) is 14.9. The summed E-state index contributed by atoms with van der Waals surface area (Å²) in [5, 5.41) is 0. The van der Waals surface area contributed by atoms with E-state index in [1.165, 1.54) is 6.42 Å². The lowest BCUT2D eigenvalue weighted by Gasteiger charge is -2.38. The van der Waals surface area contributed by atoms with Gasteiger partial charge >= 0.3 is 0 Å². The van der Waals surface area contributed by atoms with Crippen molar-refractivity contribution >= 4 is 15.8 Å². The maximum absolute atomic E-state index is 12.9. The minimum atomic E-state index is -3.44. The highest BCUT2D eigenvalue weighted by atomic mass is 32.2. The monoisotopic (exact) mass is 341 g/mol. The third kappa shape index (κ3) is 2.68. The van der Waals surface area contributed by atoms with E-state index in [1.54, 1.807) is 0 Å². The van der Waals surface area contributed by atoms with Gasteiger partial charge in [0.25, 0.3) is 0 Å². The van der Waals surface area contributed by atoms with Crippen LogP contribution in [0.25, 0.3) is 0 Å². The summed E-state index contributed by atoms with van der Waals surface area (Å²) in [5.74, 6) is 1.43. The minimum Gasteiger partial charge on any atom is -0.299 e. The number of ketones is 1. The molecule has 0 amide bonds. The van der Waals surface area contributed by atoms with Crippen molar-refractivity contribution in [2.75, 3.05) is 5.75 Å². The number of carbonyl (C=O) groups excluding carboxylic acids is 1. The molecule has 5 atom stereocenters. The number of fused-ring (bicyclic) bond motifs is 2. The number of hydrogen-bond donors (Lipinski definition) is 1. The molecule has 0 saturated heterocycles. The van der Waals surface area contributed by atoms with Crippen molar-refractivity contribution in [1.29, 1.82) is 0 Å². The molecule has 3 fully saturated rings. The summed E-state index contributed by atoms with van der Waals surface area (Å²) < 4.78 is 28.7. The van der Waals surface area contributed by atoms with E-state index in [0.717, 1.165) is 25.7 Å². The van der Waals surface area contributed by atoms with Crippen molar-refractivity contribution in [3.63, 3.8) is 0 Å². The van der Waals surface area contributed by atoms with Crippen LogP contribution < -0.4 is 4.72 Å². The maximum Gasteiger partial charge on any atom is 0.212 e. The number of Topliss-reactive ketones (excluding diaryl/α,β-unsaturated/α-hetero) is 1. The third-order valence-electron chi connectivity index (χ3n) is 7.61. The van der Waals surface area contributed by atoms with Gasteiger partial charge in [-0.25, -0.2) is 13.1 Å². The Hall–Kier alpha value is -0.420. The predicted octanol–water partition coefficient (Wildman–Crippen LogP) is 3.13. The first kappa shape index (κ1) is 17.4. The molecule has 0 spiro atoms. The molecule has 23 heavy (non-hydrogen) atoms. The van der Waals surface area contributed by atoms with Crippen LogP contribution >= 0.6 is 0 Å². The molecule has 5 heteroatoms. The molecule has 3 aliphatic carbocycles. The number of carbonyl (C=O) groups is 1. The van der Waals surface area contributed by atoms with Crippen molar-refractivity contribution in [2.24, 2.45) is 28.6 Å². The van der Waals surface area contributed by atoms with Crippen LogP contribution in [0.15, 0.2) is 0 Å². The zero-order chi connectivity index (χ0) is 17.0. The molecule has 0 aliphatic heterocycles. The molecule has 0 aromatic heterocycles. The predicted molar refractivity (Wildman–Crippen MR) is 91.5 cm³/mol. The van der Waals surface area contributed by atoms with E-state index in [9.17, 15) is 13.2 Å². The van der Waals surface area contributed by atoms with Crippen molar-refractivity contribution in [3.05, 3.63) is 0 Å². The lowest BCUT2D eigenvalue weighted by atomic mass is 9.70. The summed E-state index contributed by atoms with van der Waals surface area (Å²) >= 11 is 0. The fourth-order valence-electron chi connectivity index (χ4n) is 5.45. The second kappa shape index (κ2) is 5.55. The van der Waals surface area contributed by atoms with E-state index in [1.807, 2.05) is 0 Å². The standard InChI is InChI=1S/C18H31NO3S/c1-12-6-5-7-15(13(12)2)19-23(21,22)11-18-9-8-14(10-16(18)20)17(18,3)4/h12-15,19H,5-11H2,1-4H3/t12-,13-,14+,15+,18+/m1/s1. The third-order valence-corrected chi connectivity index (χ3v) is 9.15. The SMILES string of the molecule is C[C@@H]1[C@H](C)CCC[C@@H]1NS(=O)(=O)C[C@@]12CC[C@@H](CC1=O)C2(C)C. The second-order valence-electron chi connectivity index (χ2n) is 8.92. The van der Waals surface area contributed by atoms with E-state index < -0.39 is 15.4 Å². The summed E-state index contributed by atoms with van der Waals surface area (Å²) in [7, 11) is -3.44. The van der Waals surface area contributed by atoms with Crippen LogP contribution in [0.3, 0.4) is 0 Å². The summed E-state index contributed by atoms with van der Waals surface area (Å²) in [6.07, 6.45) is 5.47. The topological polar surface area (TPSA) is 63.2 Å². The van der Waals surface area contributed by atoms with Gasteiger partial charge in [0.15, 0.2) is 0 Å². The van der Waals surface area contributed by atoms with Gasteiger partial charge < -0.3 is 0 Å². The highest BCUT2D eigenvalue weighted by Gasteiger charge is 2.65. The Bertz CT molecular complexity index is 597. The van der Waals surface area contributed by atoms with Gasteiger partial charge in [-0.1, -0.05) is 40.5 Å². The first-order valence-electron chi connectivity index (χ1n) is 9.12. The van der Waals surface area contributed by atoms with Crippen LogP contribution in [-0.2, 0) is 14.8 Å². The molecule has 0 unspecified atom stereocenters. The van der Waals surface area contributed by atoms with Crippen LogP contribution in [0.2, 0.25) is 0 Å². The molecule has 0 heterocycles. The molecule has 3 aliphatic rings. The van der Waals surface area contributed by atoms with Gasteiger partial charge in [0, 0.05) is 17.9 Å². The lowest BCUT2D eigenvalue weighted by Crippen LogP contribution is -2.50. The van der Waals surface area contributed by atoms with Crippen molar-refractivity contribution < 1.29 is 13.2 Å². The summed E-state index contributed by atoms with van der Waals surface area (Å²) in [6.45, 7) is 8.54. The van der Waals surface area contributed by atoms with Gasteiger partial charge in [-0.05, 0) is 42.4 Å². The van der Waals surface area contributed by atoms with Gasteiger partial charge in [-0.2, -0.15) is 0 Å². The van der Waals surface area contributed by atoms with Crippen LogP contribution in [-0.4, -0.2) is 26.0 Å². The molecule has 132 valence electrons. The second-order valence-corrected chi connectivity index (χ2v) is 10.7. The normalized spacial score (nSPS) is 43.0. The fourth-order valence-corrected chi connectivity index (χ4v) is 7.66. The molecule has 1 N–H and O–H groups in total.